The Balaban J connectivity index is 2.30. The predicted octanol–water partition coefficient (Wildman–Crippen LogP) is 2.24. The van der Waals surface area contributed by atoms with Gasteiger partial charge in [0.05, 0.1) is 16.5 Å². The monoisotopic (exact) mass is 337 g/mol. The summed E-state index contributed by atoms with van der Waals surface area (Å²) in [6.07, 6.45) is 3.92. The van der Waals surface area contributed by atoms with Crippen molar-refractivity contribution in [3.63, 3.8) is 0 Å². The first-order chi connectivity index (χ1) is 10.9. The van der Waals surface area contributed by atoms with Crippen LogP contribution in [0.5, 0.6) is 0 Å². The number of hydrogen-bond donors (Lipinski definition) is 2. The molecular weight excluding hydrogens is 314 g/mol. The summed E-state index contributed by atoms with van der Waals surface area (Å²) in [5, 5.41) is 14.0. The Hall–Kier alpha value is -1.73. The van der Waals surface area contributed by atoms with Crippen molar-refractivity contribution in [1.82, 2.24) is 9.97 Å². The third kappa shape index (κ3) is 4.17. The first kappa shape index (κ1) is 17.6. The van der Waals surface area contributed by atoms with Crippen LogP contribution >= 0.6 is 0 Å². The van der Waals surface area contributed by atoms with Crippen LogP contribution < -0.4 is 5.32 Å². The van der Waals surface area contributed by atoms with E-state index in [1.54, 1.807) is 12.1 Å². The topological polar surface area (TPSA) is 92.2 Å². The molecule has 7 heteroatoms. The van der Waals surface area contributed by atoms with Gasteiger partial charge in [-0.05, 0) is 24.1 Å². The van der Waals surface area contributed by atoms with E-state index < -0.39 is 15.9 Å². The van der Waals surface area contributed by atoms with E-state index >= 15 is 0 Å². The zero-order valence-electron chi connectivity index (χ0n) is 13.7. The maximum Gasteiger partial charge on any atom is 0.175 e. The molecular formula is C16H23N3O3S. The lowest BCUT2D eigenvalue weighted by molar-refractivity contribution is 0.114. The molecule has 0 saturated carbocycles. The Morgan fingerprint density at radius 1 is 1.22 bits per heavy atom. The maximum absolute atomic E-state index is 11.7. The van der Waals surface area contributed by atoms with Gasteiger partial charge in [0.1, 0.15) is 12.1 Å². The second kappa shape index (κ2) is 7.23. The molecule has 6 nitrogen and oxygen atoms in total. The average molecular weight is 337 g/mol. The van der Waals surface area contributed by atoms with Crippen molar-refractivity contribution >= 4 is 26.6 Å². The van der Waals surface area contributed by atoms with Gasteiger partial charge in [-0.25, -0.2) is 18.4 Å². The molecule has 23 heavy (non-hydrogen) atoms. The maximum atomic E-state index is 11.7. The summed E-state index contributed by atoms with van der Waals surface area (Å²) in [4.78, 5) is 8.56. The first-order valence-electron chi connectivity index (χ1n) is 7.73. The van der Waals surface area contributed by atoms with Crippen molar-refractivity contribution in [2.24, 2.45) is 5.92 Å². The average Bonchev–Trinajstić information content (AvgIpc) is 2.52. The van der Waals surface area contributed by atoms with E-state index in [0.29, 0.717) is 23.3 Å². The van der Waals surface area contributed by atoms with Crippen LogP contribution in [0.2, 0.25) is 0 Å². The number of nitrogens with zero attached hydrogens (tertiary/aromatic N) is 2. The normalized spacial score (nSPS) is 13.4. The molecule has 1 heterocycles. The number of aliphatic hydroxyl groups is 1. The minimum atomic E-state index is -3.30. The van der Waals surface area contributed by atoms with Gasteiger partial charge in [-0.2, -0.15) is 0 Å². The van der Waals surface area contributed by atoms with Crippen LogP contribution in [0, 0.1) is 5.92 Å². The summed E-state index contributed by atoms with van der Waals surface area (Å²) in [6.45, 7) is 4.47. The minimum absolute atomic E-state index is 0.224. The third-order valence-electron chi connectivity index (χ3n) is 4.11. The van der Waals surface area contributed by atoms with Gasteiger partial charge in [-0.1, -0.05) is 26.7 Å². The SMILES string of the molecule is CCC(CC)[C@H](O)CNc1ncnc2ccc(S(C)(=O)=O)cc12. The predicted molar refractivity (Wildman–Crippen MR) is 91.2 cm³/mol. The zero-order chi connectivity index (χ0) is 17.0. The lowest BCUT2D eigenvalue weighted by atomic mass is 9.96. The van der Waals surface area contributed by atoms with Crippen LogP contribution in [0.1, 0.15) is 26.7 Å². The fourth-order valence-electron chi connectivity index (χ4n) is 2.61. The fraction of sp³-hybridized carbons (Fsp3) is 0.500. The molecule has 0 radical (unpaired) electrons. The van der Waals surface area contributed by atoms with Gasteiger partial charge in [0.2, 0.25) is 0 Å². The second-order valence-electron chi connectivity index (χ2n) is 5.70. The van der Waals surface area contributed by atoms with Crippen LogP contribution in [0.4, 0.5) is 5.82 Å². The van der Waals surface area contributed by atoms with Crippen molar-refractivity contribution < 1.29 is 13.5 Å². The summed E-state index contributed by atoms with van der Waals surface area (Å²) in [7, 11) is -3.30. The highest BCUT2D eigenvalue weighted by Crippen LogP contribution is 2.23. The number of nitrogens with one attached hydrogen (secondary N) is 1. The molecule has 126 valence electrons. The Kier molecular flexibility index (Phi) is 5.54. The zero-order valence-corrected chi connectivity index (χ0v) is 14.5. The molecule has 1 aromatic carbocycles. The Labute approximate surface area is 136 Å². The summed E-state index contributed by atoms with van der Waals surface area (Å²) in [6, 6.07) is 4.76. The van der Waals surface area contributed by atoms with Crippen LogP contribution in [0.3, 0.4) is 0 Å². The number of rotatable bonds is 7. The molecule has 0 saturated heterocycles. The molecule has 0 aliphatic heterocycles. The summed E-state index contributed by atoms with van der Waals surface area (Å²) < 4.78 is 23.4. The molecule has 0 aliphatic carbocycles. The van der Waals surface area contributed by atoms with Gasteiger partial charge in [0.15, 0.2) is 9.84 Å². The molecule has 1 atom stereocenters. The van der Waals surface area contributed by atoms with Gasteiger partial charge in [-0.15, -0.1) is 0 Å². The molecule has 2 N–H and O–H groups in total. The highest BCUT2D eigenvalue weighted by Gasteiger charge is 2.16. The molecule has 0 unspecified atom stereocenters. The number of benzene rings is 1. The molecule has 2 rings (SSSR count). The number of sulfone groups is 1. The van der Waals surface area contributed by atoms with Crippen molar-refractivity contribution in [2.75, 3.05) is 18.1 Å². The van der Waals surface area contributed by atoms with Crippen LogP contribution in [0.25, 0.3) is 10.9 Å². The van der Waals surface area contributed by atoms with Gasteiger partial charge in [-0.3, -0.25) is 0 Å². The molecule has 0 amide bonds. The van der Waals surface area contributed by atoms with Crippen molar-refractivity contribution in [2.45, 2.75) is 37.7 Å². The number of fused-ring (bicyclic) bond motifs is 1. The fourth-order valence-corrected chi connectivity index (χ4v) is 3.26. The Bertz CT molecular complexity index is 773. The number of anilines is 1. The summed E-state index contributed by atoms with van der Waals surface area (Å²) >= 11 is 0. The standard InChI is InChI=1S/C16H23N3O3S/c1-4-11(5-2)15(20)9-17-16-13-8-12(23(3,21)22)6-7-14(13)18-10-19-16/h6-8,10-11,15,20H,4-5,9H2,1-3H3,(H,17,18,19)/t15-/m1/s1. The second-order valence-corrected chi connectivity index (χ2v) is 7.71. The highest BCUT2D eigenvalue weighted by atomic mass is 32.2. The van der Waals surface area contributed by atoms with Crippen molar-refractivity contribution in [3.8, 4) is 0 Å². The Morgan fingerprint density at radius 2 is 1.91 bits per heavy atom. The van der Waals surface area contributed by atoms with E-state index in [0.717, 1.165) is 12.8 Å². The lowest BCUT2D eigenvalue weighted by Crippen LogP contribution is -2.28. The third-order valence-corrected chi connectivity index (χ3v) is 5.22. The largest absolute Gasteiger partial charge is 0.391 e. The lowest BCUT2D eigenvalue weighted by Gasteiger charge is -2.21. The van der Waals surface area contributed by atoms with E-state index in [1.165, 1.54) is 18.6 Å². The number of aliphatic hydroxyl groups excluding tert-OH is 1. The summed E-state index contributed by atoms with van der Waals surface area (Å²) in [5.74, 6) is 0.757. The van der Waals surface area contributed by atoms with Crippen LogP contribution in [0.15, 0.2) is 29.4 Å². The van der Waals surface area contributed by atoms with Gasteiger partial charge >= 0.3 is 0 Å². The van der Waals surface area contributed by atoms with E-state index in [-0.39, 0.29) is 10.8 Å². The summed E-state index contributed by atoms with van der Waals surface area (Å²) in [5.41, 5.74) is 0.659. The van der Waals surface area contributed by atoms with Crippen LogP contribution in [-0.4, -0.2) is 42.4 Å². The molecule has 0 aliphatic rings. The van der Waals surface area contributed by atoms with Gasteiger partial charge in [0, 0.05) is 18.2 Å². The van der Waals surface area contributed by atoms with Crippen LogP contribution in [-0.2, 0) is 9.84 Å². The quantitative estimate of drug-likeness (QED) is 0.805. The van der Waals surface area contributed by atoms with Gasteiger partial charge < -0.3 is 10.4 Å². The molecule has 0 fully saturated rings. The van der Waals surface area contributed by atoms with E-state index in [4.69, 9.17) is 0 Å². The van der Waals surface area contributed by atoms with Crippen molar-refractivity contribution in [3.05, 3.63) is 24.5 Å². The van der Waals surface area contributed by atoms with E-state index in [2.05, 4.69) is 29.1 Å². The van der Waals surface area contributed by atoms with Gasteiger partial charge in [0.25, 0.3) is 0 Å². The molecule has 0 bridgehead atoms. The van der Waals surface area contributed by atoms with E-state index in [9.17, 15) is 13.5 Å². The highest BCUT2D eigenvalue weighted by molar-refractivity contribution is 7.90. The molecule has 0 spiro atoms. The van der Waals surface area contributed by atoms with E-state index in [1.807, 2.05) is 0 Å². The molecule has 1 aromatic heterocycles. The van der Waals surface area contributed by atoms with Crippen molar-refractivity contribution in [1.29, 1.82) is 0 Å². The first-order valence-corrected chi connectivity index (χ1v) is 9.62. The minimum Gasteiger partial charge on any atom is -0.391 e. The number of hydrogen-bond acceptors (Lipinski definition) is 6. The Morgan fingerprint density at radius 3 is 2.52 bits per heavy atom. The smallest absolute Gasteiger partial charge is 0.175 e. The molecule has 2 aromatic rings. The number of aromatic nitrogens is 2.